The van der Waals surface area contributed by atoms with Crippen LogP contribution in [0.3, 0.4) is 0 Å². The third kappa shape index (κ3) is 6.26. The van der Waals surface area contributed by atoms with Crippen LogP contribution in [0.4, 0.5) is 0 Å². The van der Waals surface area contributed by atoms with E-state index in [1.54, 1.807) is 0 Å². The largest absolute Gasteiger partial charge is 0.325 e. The summed E-state index contributed by atoms with van der Waals surface area (Å²) in [5, 5.41) is 0. The second-order valence-corrected chi connectivity index (χ2v) is 8.63. The molecular weight excluding hydrogens is 376 g/mol. The van der Waals surface area contributed by atoms with Crippen molar-refractivity contribution in [2.75, 3.05) is 6.54 Å². The second kappa shape index (κ2) is 10.9. The Hall–Kier alpha value is -2.97. The molecule has 2 N–H and O–H groups in total. The van der Waals surface area contributed by atoms with Gasteiger partial charge in [0.2, 0.25) is 11.4 Å². The van der Waals surface area contributed by atoms with Gasteiger partial charge in [-0.05, 0) is 52.3 Å². The molecule has 0 radical (unpaired) electrons. The Morgan fingerprint density at radius 1 is 0.645 bits per heavy atom. The topological polar surface area (TPSA) is 29.9 Å². The zero-order chi connectivity index (χ0) is 22.2. The molecule has 0 bridgehead atoms. The van der Waals surface area contributed by atoms with Gasteiger partial charge in [0.25, 0.3) is 0 Å². The Morgan fingerprint density at radius 2 is 1.06 bits per heavy atom. The monoisotopic (exact) mass is 411 g/mol. The van der Waals surface area contributed by atoms with Gasteiger partial charge >= 0.3 is 0 Å². The van der Waals surface area contributed by atoms with E-state index in [9.17, 15) is 0 Å². The highest BCUT2D eigenvalue weighted by molar-refractivity contribution is 5.69. The molecule has 0 spiro atoms. The predicted molar refractivity (Wildman–Crippen MR) is 135 cm³/mol. The molecular formula is C29H35N2+. The molecule has 0 saturated heterocycles. The number of rotatable bonds is 8. The fourth-order valence-corrected chi connectivity index (χ4v) is 3.60. The third-order valence-electron chi connectivity index (χ3n) is 5.61. The van der Waals surface area contributed by atoms with E-state index in [1.165, 1.54) is 22.3 Å². The van der Waals surface area contributed by atoms with Crippen LogP contribution in [-0.2, 0) is 6.54 Å². The Balaban J connectivity index is 1.84. The van der Waals surface area contributed by atoms with E-state index in [4.69, 9.17) is 5.73 Å². The fraction of sp³-hybridized carbons (Fsp3) is 0.276. The lowest BCUT2D eigenvalue weighted by atomic mass is 10.0. The number of nitrogens with zero attached hydrogens (tertiary/aromatic N) is 1. The maximum absolute atomic E-state index is 5.93. The summed E-state index contributed by atoms with van der Waals surface area (Å²) < 4.78 is 2.28. The highest BCUT2D eigenvalue weighted by atomic mass is 15.0. The first-order valence-corrected chi connectivity index (χ1v) is 11.3. The van der Waals surface area contributed by atoms with Crippen LogP contribution in [-0.4, -0.2) is 6.54 Å². The molecule has 0 atom stereocenters. The lowest BCUT2D eigenvalue weighted by Gasteiger charge is -2.06. The smallest absolute Gasteiger partial charge is 0.205 e. The van der Waals surface area contributed by atoms with Crippen molar-refractivity contribution in [3.8, 4) is 0 Å². The lowest BCUT2D eigenvalue weighted by molar-refractivity contribution is -0.697. The van der Waals surface area contributed by atoms with Crippen LogP contribution in [0.1, 0.15) is 73.2 Å². The van der Waals surface area contributed by atoms with Crippen molar-refractivity contribution >= 4 is 24.3 Å². The molecule has 2 nitrogen and oxygen atoms in total. The molecule has 0 aliphatic rings. The van der Waals surface area contributed by atoms with Gasteiger partial charge in [0.05, 0.1) is 6.54 Å². The average molecular weight is 412 g/mol. The van der Waals surface area contributed by atoms with Crippen LogP contribution in [0, 0.1) is 0 Å². The Morgan fingerprint density at radius 3 is 1.42 bits per heavy atom. The van der Waals surface area contributed by atoms with Gasteiger partial charge in [-0.15, -0.1) is 0 Å². The number of aromatic nitrogens is 1. The number of benzene rings is 2. The summed E-state index contributed by atoms with van der Waals surface area (Å²) in [4.78, 5) is 0. The van der Waals surface area contributed by atoms with Crippen LogP contribution in [0.25, 0.3) is 24.3 Å². The molecule has 2 aromatic carbocycles. The molecule has 0 aliphatic heterocycles. The molecule has 0 amide bonds. The van der Waals surface area contributed by atoms with Gasteiger partial charge in [-0.2, -0.15) is 4.57 Å². The van der Waals surface area contributed by atoms with E-state index in [0.29, 0.717) is 18.4 Å². The fourth-order valence-electron chi connectivity index (χ4n) is 3.60. The van der Waals surface area contributed by atoms with E-state index in [0.717, 1.165) is 17.9 Å². The normalized spacial score (nSPS) is 12.0. The lowest BCUT2D eigenvalue weighted by Crippen LogP contribution is -2.43. The molecule has 2 heteroatoms. The van der Waals surface area contributed by atoms with Gasteiger partial charge in [0, 0.05) is 24.3 Å². The van der Waals surface area contributed by atoms with E-state index in [1.807, 2.05) is 0 Å². The van der Waals surface area contributed by atoms with E-state index in [-0.39, 0.29) is 0 Å². The molecule has 0 unspecified atom stereocenters. The molecule has 0 aliphatic carbocycles. The van der Waals surface area contributed by atoms with Crippen molar-refractivity contribution in [1.82, 2.24) is 0 Å². The minimum Gasteiger partial charge on any atom is -0.325 e. The van der Waals surface area contributed by atoms with Crippen LogP contribution >= 0.6 is 0 Å². The van der Waals surface area contributed by atoms with Gasteiger partial charge in [0.1, 0.15) is 0 Å². The van der Waals surface area contributed by atoms with Crippen LogP contribution in [0.2, 0.25) is 0 Å². The van der Waals surface area contributed by atoms with Crippen LogP contribution < -0.4 is 10.3 Å². The quantitative estimate of drug-likeness (QED) is 0.420. The summed E-state index contributed by atoms with van der Waals surface area (Å²) in [5.41, 5.74) is 13.4. The highest BCUT2D eigenvalue weighted by Gasteiger charge is 2.12. The Labute approximate surface area is 187 Å². The van der Waals surface area contributed by atoms with Crippen LogP contribution in [0.15, 0.2) is 66.7 Å². The van der Waals surface area contributed by atoms with Crippen molar-refractivity contribution in [3.63, 3.8) is 0 Å². The summed E-state index contributed by atoms with van der Waals surface area (Å²) >= 11 is 0. The van der Waals surface area contributed by atoms with Gasteiger partial charge in [-0.25, -0.2) is 0 Å². The third-order valence-corrected chi connectivity index (χ3v) is 5.61. The molecule has 1 aromatic heterocycles. The molecule has 0 saturated carbocycles. The molecule has 1 heterocycles. The van der Waals surface area contributed by atoms with E-state index >= 15 is 0 Å². The van der Waals surface area contributed by atoms with Gasteiger partial charge in [-0.3, -0.25) is 0 Å². The van der Waals surface area contributed by atoms with Crippen molar-refractivity contribution in [1.29, 1.82) is 0 Å². The molecule has 0 fully saturated rings. The van der Waals surface area contributed by atoms with E-state index in [2.05, 4.69) is 123 Å². The van der Waals surface area contributed by atoms with Gasteiger partial charge < -0.3 is 5.73 Å². The van der Waals surface area contributed by atoms with E-state index < -0.39 is 0 Å². The molecule has 3 aromatic rings. The Bertz CT molecular complexity index is 944. The minimum absolute atomic E-state index is 0.551. The highest BCUT2D eigenvalue weighted by Crippen LogP contribution is 2.17. The van der Waals surface area contributed by atoms with Crippen molar-refractivity contribution < 1.29 is 4.57 Å². The molecule has 3 rings (SSSR count). The average Bonchev–Trinajstić information content (AvgIpc) is 2.78. The van der Waals surface area contributed by atoms with Gasteiger partial charge in [0.15, 0.2) is 6.54 Å². The number of hydrogen-bond acceptors (Lipinski definition) is 1. The van der Waals surface area contributed by atoms with Gasteiger partial charge in [-0.1, -0.05) is 76.2 Å². The summed E-state index contributed by atoms with van der Waals surface area (Å²) in [6.45, 7) is 10.3. The number of nitrogens with two attached hydrogens (primary N) is 1. The zero-order valence-corrected chi connectivity index (χ0v) is 19.3. The zero-order valence-electron chi connectivity index (χ0n) is 19.3. The minimum atomic E-state index is 0.551. The maximum Gasteiger partial charge on any atom is 0.205 e. The molecule has 31 heavy (non-hydrogen) atoms. The summed E-state index contributed by atoms with van der Waals surface area (Å²) in [6, 6.07) is 24.0. The summed E-state index contributed by atoms with van der Waals surface area (Å²) in [5.74, 6) is 1.10. The SMILES string of the molecule is CC(C)c1ccc(/C=C/c2cccc(/C=C/c3ccc(C(C)C)cc3)[n+]2CCN)cc1. The van der Waals surface area contributed by atoms with Crippen molar-refractivity contribution in [2.24, 2.45) is 5.73 Å². The first-order valence-electron chi connectivity index (χ1n) is 11.3. The Kier molecular flexibility index (Phi) is 7.97. The van der Waals surface area contributed by atoms with Crippen molar-refractivity contribution in [3.05, 3.63) is 100 Å². The summed E-state index contributed by atoms with van der Waals surface area (Å²) in [6.07, 6.45) is 8.69. The van der Waals surface area contributed by atoms with Crippen LogP contribution in [0.5, 0.6) is 0 Å². The number of hydrogen-bond donors (Lipinski definition) is 1. The standard InChI is InChI=1S/C29H35N2/c1-22(2)26-14-8-24(9-15-26)12-18-28-6-5-7-29(31(28)21-20-30)19-13-25-10-16-27(17-11-25)23(3)4/h5-19,22-23H,20-21,30H2,1-4H3/q+1/b18-12+,19-13+. The first-order chi connectivity index (χ1) is 15.0. The predicted octanol–water partition coefficient (Wildman–Crippen LogP) is 6.52. The molecule has 160 valence electrons. The first kappa shape index (κ1) is 22.7. The van der Waals surface area contributed by atoms with Crippen molar-refractivity contribution in [2.45, 2.75) is 46.1 Å². The summed E-state index contributed by atoms with van der Waals surface area (Å²) in [7, 11) is 0. The number of pyridine rings is 1. The second-order valence-electron chi connectivity index (χ2n) is 8.63. The maximum atomic E-state index is 5.93.